The lowest BCUT2D eigenvalue weighted by atomic mass is 9.94. The van der Waals surface area contributed by atoms with Gasteiger partial charge in [-0.25, -0.2) is 0 Å². The van der Waals surface area contributed by atoms with E-state index in [1.807, 2.05) is 38.1 Å². The molecule has 1 rings (SSSR count). The van der Waals surface area contributed by atoms with Gasteiger partial charge in [-0.05, 0) is 25.5 Å². The van der Waals surface area contributed by atoms with Gasteiger partial charge >= 0.3 is 0 Å². The maximum atomic E-state index is 12.3. The van der Waals surface area contributed by atoms with Crippen molar-refractivity contribution in [2.45, 2.75) is 70.0 Å². The van der Waals surface area contributed by atoms with E-state index in [4.69, 9.17) is 0 Å². The highest BCUT2D eigenvalue weighted by Crippen LogP contribution is 2.18. The topological polar surface area (TPSA) is 57.5 Å². The van der Waals surface area contributed by atoms with Crippen LogP contribution in [0.1, 0.15) is 51.5 Å². The van der Waals surface area contributed by atoms with E-state index < -0.39 is 23.0 Å². The zero-order chi connectivity index (χ0) is 16.5. The van der Waals surface area contributed by atoms with Crippen LogP contribution in [0.25, 0.3) is 0 Å². The molecule has 1 aromatic carbocycles. The molecule has 1 aromatic rings. The molecule has 0 heterocycles. The third-order valence-corrected chi connectivity index (χ3v) is 5.62. The largest absolute Gasteiger partial charge is 0.393 e. The molecule has 0 fully saturated rings. The van der Waals surface area contributed by atoms with Crippen LogP contribution in [0.2, 0.25) is 0 Å². The van der Waals surface area contributed by atoms with E-state index in [9.17, 15) is 14.4 Å². The zero-order valence-corrected chi connectivity index (χ0v) is 14.8. The van der Waals surface area contributed by atoms with Crippen LogP contribution in [-0.4, -0.2) is 32.4 Å². The predicted octanol–water partition coefficient (Wildman–Crippen LogP) is 3.43. The smallest absolute Gasteiger partial charge is 0.0709 e. The van der Waals surface area contributed by atoms with Crippen molar-refractivity contribution in [3.05, 3.63) is 29.8 Å². The first-order valence-electron chi connectivity index (χ1n) is 8.26. The molecule has 0 aliphatic rings. The van der Waals surface area contributed by atoms with Crippen LogP contribution in [0.4, 0.5) is 0 Å². The minimum atomic E-state index is -1.23. The maximum Gasteiger partial charge on any atom is 0.0709 e. The van der Waals surface area contributed by atoms with Crippen molar-refractivity contribution in [3.8, 4) is 0 Å². The molecule has 0 spiro atoms. The van der Waals surface area contributed by atoms with Crippen molar-refractivity contribution in [1.29, 1.82) is 0 Å². The van der Waals surface area contributed by atoms with Gasteiger partial charge in [-0.2, -0.15) is 0 Å². The first kappa shape index (κ1) is 19.3. The second kappa shape index (κ2) is 10.1. The molecule has 0 aliphatic heterocycles. The lowest BCUT2D eigenvalue weighted by Crippen LogP contribution is -2.33. The van der Waals surface area contributed by atoms with Crippen molar-refractivity contribution >= 4 is 10.8 Å². The van der Waals surface area contributed by atoms with Gasteiger partial charge in [-0.15, -0.1) is 0 Å². The number of aryl methyl sites for hydroxylation is 1. The van der Waals surface area contributed by atoms with Crippen molar-refractivity contribution in [3.63, 3.8) is 0 Å². The summed E-state index contributed by atoms with van der Waals surface area (Å²) in [7, 11) is -1.23. The van der Waals surface area contributed by atoms with Crippen LogP contribution < -0.4 is 0 Å². The predicted molar refractivity (Wildman–Crippen MR) is 92.4 cm³/mol. The summed E-state index contributed by atoms with van der Waals surface area (Å²) in [4.78, 5) is 0.731. The van der Waals surface area contributed by atoms with E-state index in [1.165, 1.54) is 12.8 Å². The summed E-state index contributed by atoms with van der Waals surface area (Å²) in [6.07, 6.45) is 3.88. The molecule has 0 unspecified atom stereocenters. The maximum absolute atomic E-state index is 12.3. The van der Waals surface area contributed by atoms with Gasteiger partial charge in [-0.3, -0.25) is 4.21 Å². The van der Waals surface area contributed by atoms with Crippen LogP contribution in [0.15, 0.2) is 29.2 Å². The molecule has 0 amide bonds. The standard InChI is InChI=1S/C18H30O3S/c1-4-5-6-7-8-17(19)15(3)18(20)13-22(21)16-11-9-14(2)10-12-16/h9-12,15,17-20H,4-8,13H2,1-3H3/t15-,17+,18+,22-/m1/s1. The Hall–Kier alpha value is -0.710. The number of aliphatic hydroxyl groups excluding tert-OH is 2. The average molecular weight is 327 g/mol. The van der Waals surface area contributed by atoms with Gasteiger partial charge in [-0.1, -0.05) is 57.2 Å². The number of hydrogen-bond donors (Lipinski definition) is 2. The number of unbranched alkanes of at least 4 members (excludes halogenated alkanes) is 3. The fourth-order valence-corrected chi connectivity index (χ4v) is 3.64. The molecule has 0 aromatic heterocycles. The molecule has 0 saturated carbocycles. The number of benzene rings is 1. The molecule has 2 N–H and O–H groups in total. The lowest BCUT2D eigenvalue weighted by Gasteiger charge is -2.24. The molecule has 3 nitrogen and oxygen atoms in total. The number of aliphatic hydroxyl groups is 2. The highest BCUT2D eigenvalue weighted by molar-refractivity contribution is 7.85. The summed E-state index contributed by atoms with van der Waals surface area (Å²) in [5.41, 5.74) is 1.12. The Labute approximate surface area is 137 Å². The van der Waals surface area contributed by atoms with E-state index >= 15 is 0 Å². The fourth-order valence-electron chi connectivity index (χ4n) is 2.39. The Balaban J connectivity index is 2.43. The average Bonchev–Trinajstić information content (AvgIpc) is 2.51. The Bertz CT molecular complexity index is 444. The van der Waals surface area contributed by atoms with E-state index in [1.54, 1.807) is 0 Å². The van der Waals surface area contributed by atoms with Crippen LogP contribution in [0.5, 0.6) is 0 Å². The Morgan fingerprint density at radius 2 is 1.68 bits per heavy atom. The summed E-state index contributed by atoms with van der Waals surface area (Å²) in [6, 6.07) is 7.52. The third kappa shape index (κ3) is 6.59. The van der Waals surface area contributed by atoms with Crippen LogP contribution in [0, 0.1) is 12.8 Å². The first-order chi connectivity index (χ1) is 10.5. The third-order valence-electron chi connectivity index (χ3n) is 4.17. The minimum absolute atomic E-state index is 0.177. The first-order valence-corrected chi connectivity index (χ1v) is 9.58. The minimum Gasteiger partial charge on any atom is -0.393 e. The molecular weight excluding hydrogens is 296 g/mol. The van der Waals surface area contributed by atoms with Crippen molar-refractivity contribution in [1.82, 2.24) is 0 Å². The van der Waals surface area contributed by atoms with Gasteiger partial charge < -0.3 is 10.2 Å². The van der Waals surface area contributed by atoms with Crippen LogP contribution in [0.3, 0.4) is 0 Å². The van der Waals surface area contributed by atoms with Gasteiger partial charge in [0.15, 0.2) is 0 Å². The molecule has 22 heavy (non-hydrogen) atoms. The molecule has 0 aliphatic carbocycles. The van der Waals surface area contributed by atoms with Crippen LogP contribution >= 0.6 is 0 Å². The quantitative estimate of drug-likeness (QED) is 0.648. The summed E-state index contributed by atoms with van der Waals surface area (Å²) >= 11 is 0. The van der Waals surface area contributed by atoms with Gasteiger partial charge in [0.2, 0.25) is 0 Å². The molecule has 4 atom stereocenters. The Morgan fingerprint density at radius 3 is 2.27 bits per heavy atom. The highest BCUT2D eigenvalue weighted by atomic mass is 32.2. The molecular formula is C18H30O3S. The summed E-state index contributed by atoms with van der Waals surface area (Å²) in [5, 5.41) is 20.4. The lowest BCUT2D eigenvalue weighted by molar-refractivity contribution is 0.0276. The second-order valence-electron chi connectivity index (χ2n) is 6.17. The molecule has 4 heteroatoms. The van der Waals surface area contributed by atoms with Gasteiger partial charge in [0, 0.05) is 10.8 Å². The normalized spacial score (nSPS) is 17.0. The Morgan fingerprint density at radius 1 is 1.05 bits per heavy atom. The highest BCUT2D eigenvalue weighted by Gasteiger charge is 2.24. The van der Waals surface area contributed by atoms with E-state index in [0.29, 0.717) is 6.42 Å². The summed E-state index contributed by atoms with van der Waals surface area (Å²) in [6.45, 7) is 5.98. The van der Waals surface area contributed by atoms with E-state index in [0.717, 1.165) is 23.3 Å². The molecule has 0 radical (unpaired) electrons. The van der Waals surface area contributed by atoms with Gasteiger partial charge in [0.25, 0.3) is 0 Å². The molecule has 0 bridgehead atoms. The second-order valence-corrected chi connectivity index (χ2v) is 7.66. The van der Waals surface area contributed by atoms with Crippen molar-refractivity contribution < 1.29 is 14.4 Å². The monoisotopic (exact) mass is 326 g/mol. The van der Waals surface area contributed by atoms with E-state index in [-0.39, 0.29) is 11.7 Å². The zero-order valence-electron chi connectivity index (χ0n) is 14.0. The SMILES string of the molecule is CCCCCC[C@H](O)[C@@H](C)[C@@H](O)C[S@@](=O)c1ccc(C)cc1. The summed E-state index contributed by atoms with van der Waals surface area (Å²) < 4.78 is 12.3. The fraction of sp³-hybridized carbons (Fsp3) is 0.667. The molecule has 126 valence electrons. The van der Waals surface area contributed by atoms with E-state index in [2.05, 4.69) is 6.92 Å². The van der Waals surface area contributed by atoms with Crippen molar-refractivity contribution in [2.24, 2.45) is 5.92 Å². The van der Waals surface area contributed by atoms with Crippen LogP contribution in [-0.2, 0) is 10.8 Å². The van der Waals surface area contributed by atoms with Gasteiger partial charge in [0.05, 0.1) is 28.8 Å². The number of rotatable bonds is 10. The Kier molecular flexibility index (Phi) is 8.91. The summed E-state index contributed by atoms with van der Waals surface area (Å²) in [5.74, 6) is -0.0768. The van der Waals surface area contributed by atoms with Crippen molar-refractivity contribution in [2.75, 3.05) is 5.75 Å². The molecule has 0 saturated heterocycles. The number of hydrogen-bond acceptors (Lipinski definition) is 3. The van der Waals surface area contributed by atoms with Gasteiger partial charge in [0.1, 0.15) is 0 Å².